The van der Waals surface area contributed by atoms with Crippen LogP contribution in [0.15, 0.2) is 106 Å². The van der Waals surface area contributed by atoms with Gasteiger partial charge in [-0.1, -0.05) is 72.8 Å². The lowest BCUT2D eigenvalue weighted by Crippen LogP contribution is -2.50. The normalized spacial score (nSPS) is 12.8. The zero-order valence-corrected chi connectivity index (χ0v) is 24.0. The van der Waals surface area contributed by atoms with E-state index in [9.17, 15) is 24.3 Å². The molecule has 5 aromatic rings. The summed E-state index contributed by atoms with van der Waals surface area (Å²) in [4.78, 5) is 51.9. The van der Waals surface area contributed by atoms with E-state index >= 15 is 0 Å². The molecule has 3 atom stereocenters. The third-order valence-corrected chi connectivity index (χ3v) is 6.86. The SMILES string of the molecule is C[C@@H](NC(=O)c1cc(=O)cc(C(=O)N[C@@H](Cc2ccccc2)[C@H](O)C(=O)Nc2cccc(-c3nn[nH]n3)c2)o1)c1ccccc1. The first-order valence-electron chi connectivity index (χ1n) is 14.0. The monoisotopic (exact) mass is 607 g/mol. The number of rotatable bonds is 11. The van der Waals surface area contributed by atoms with Crippen molar-refractivity contribution >= 4 is 23.4 Å². The Morgan fingerprint density at radius 3 is 2.20 bits per heavy atom. The molecule has 5 rings (SSSR count). The van der Waals surface area contributed by atoms with Gasteiger partial charge >= 0.3 is 0 Å². The second-order valence-electron chi connectivity index (χ2n) is 10.1. The molecule has 0 bridgehead atoms. The smallest absolute Gasteiger partial charge is 0.287 e. The number of H-pyrrole nitrogens is 1. The fraction of sp³-hybridized carbons (Fsp3) is 0.156. The van der Waals surface area contributed by atoms with Crippen molar-refractivity contribution in [3.8, 4) is 11.4 Å². The predicted octanol–water partition coefficient (Wildman–Crippen LogP) is 2.65. The zero-order chi connectivity index (χ0) is 31.8. The fourth-order valence-corrected chi connectivity index (χ4v) is 4.56. The van der Waals surface area contributed by atoms with Crippen LogP contribution in [0, 0.1) is 0 Å². The van der Waals surface area contributed by atoms with Crippen LogP contribution in [-0.4, -0.2) is 55.6 Å². The zero-order valence-electron chi connectivity index (χ0n) is 24.0. The highest BCUT2D eigenvalue weighted by Gasteiger charge is 2.30. The van der Waals surface area contributed by atoms with E-state index < -0.39 is 47.1 Å². The summed E-state index contributed by atoms with van der Waals surface area (Å²) in [6.45, 7) is 1.77. The molecular formula is C32H29N7O6. The number of aliphatic hydroxyl groups is 1. The molecule has 0 saturated heterocycles. The highest BCUT2D eigenvalue weighted by molar-refractivity contribution is 5.97. The number of tetrazole rings is 1. The topological polar surface area (TPSA) is 192 Å². The molecule has 0 aliphatic rings. The summed E-state index contributed by atoms with van der Waals surface area (Å²) >= 11 is 0. The highest BCUT2D eigenvalue weighted by atomic mass is 16.4. The average Bonchev–Trinajstić information content (AvgIpc) is 3.60. The minimum atomic E-state index is -1.73. The number of carbonyl (C=O) groups excluding carboxylic acids is 3. The Bertz CT molecular complexity index is 1830. The van der Waals surface area contributed by atoms with Gasteiger partial charge in [0, 0.05) is 23.4 Å². The van der Waals surface area contributed by atoms with E-state index in [1.54, 1.807) is 61.5 Å². The highest BCUT2D eigenvalue weighted by Crippen LogP contribution is 2.19. The Morgan fingerprint density at radius 1 is 0.867 bits per heavy atom. The molecule has 0 spiro atoms. The quantitative estimate of drug-likeness (QED) is 0.150. The predicted molar refractivity (Wildman–Crippen MR) is 163 cm³/mol. The number of nitrogens with zero attached hydrogens (tertiary/aromatic N) is 3. The number of carbonyl (C=O) groups is 3. The van der Waals surface area contributed by atoms with Gasteiger partial charge in [-0.3, -0.25) is 19.2 Å². The summed E-state index contributed by atoms with van der Waals surface area (Å²) in [7, 11) is 0. The van der Waals surface area contributed by atoms with Crippen molar-refractivity contribution in [1.82, 2.24) is 31.3 Å². The number of aliphatic hydroxyl groups excluding tert-OH is 1. The number of amides is 3. The van der Waals surface area contributed by atoms with Crippen LogP contribution in [0.1, 0.15) is 45.2 Å². The van der Waals surface area contributed by atoms with E-state index in [-0.39, 0.29) is 12.2 Å². The number of aromatic nitrogens is 4. The third-order valence-electron chi connectivity index (χ3n) is 6.86. The number of aromatic amines is 1. The second-order valence-corrected chi connectivity index (χ2v) is 10.1. The van der Waals surface area contributed by atoms with Crippen molar-refractivity contribution in [3.05, 3.63) is 130 Å². The lowest BCUT2D eigenvalue weighted by molar-refractivity contribution is -0.125. The van der Waals surface area contributed by atoms with Gasteiger partial charge in [0.15, 0.2) is 23.1 Å². The molecule has 228 valence electrons. The molecule has 0 unspecified atom stereocenters. The van der Waals surface area contributed by atoms with Crippen LogP contribution in [0.25, 0.3) is 11.4 Å². The van der Waals surface area contributed by atoms with Gasteiger partial charge in [-0.2, -0.15) is 5.21 Å². The molecule has 13 nitrogen and oxygen atoms in total. The van der Waals surface area contributed by atoms with E-state index in [2.05, 4.69) is 36.6 Å². The number of hydrogen-bond donors (Lipinski definition) is 5. The lowest BCUT2D eigenvalue weighted by atomic mass is 10.00. The standard InChI is InChI=1S/C32H29N7O6/c1-19(21-11-6-3-7-12-21)33-30(42)26-17-24(40)18-27(45-26)31(43)35-25(15-20-9-4-2-5-10-20)28(41)32(44)34-23-14-8-13-22(16-23)29-36-38-39-37-29/h2-14,16-19,25,28,41H,15H2,1H3,(H,33,42)(H,34,44)(H,35,43)(H,36,37,38,39)/t19-,25+,28+/m1/s1. The summed E-state index contributed by atoms with van der Waals surface area (Å²) in [5, 5.41) is 32.8. The van der Waals surface area contributed by atoms with Gasteiger partial charge in [-0.25, -0.2) is 0 Å². The van der Waals surface area contributed by atoms with E-state index in [0.29, 0.717) is 17.1 Å². The van der Waals surface area contributed by atoms with Crippen LogP contribution in [0.2, 0.25) is 0 Å². The van der Waals surface area contributed by atoms with Gasteiger partial charge in [0.25, 0.3) is 17.7 Å². The van der Waals surface area contributed by atoms with E-state index in [4.69, 9.17) is 4.42 Å². The molecule has 3 amide bonds. The molecule has 2 heterocycles. The molecule has 0 aliphatic carbocycles. The van der Waals surface area contributed by atoms with Crippen LogP contribution in [0.5, 0.6) is 0 Å². The van der Waals surface area contributed by atoms with Crippen molar-refractivity contribution in [3.63, 3.8) is 0 Å². The van der Waals surface area contributed by atoms with Crippen molar-refractivity contribution in [2.45, 2.75) is 31.5 Å². The number of anilines is 1. The van der Waals surface area contributed by atoms with Gasteiger partial charge in [-0.05, 0) is 41.8 Å². The molecule has 45 heavy (non-hydrogen) atoms. The summed E-state index contributed by atoms with van der Waals surface area (Å²) in [5.41, 5.74) is 1.84. The van der Waals surface area contributed by atoms with Crippen molar-refractivity contribution < 1.29 is 23.9 Å². The van der Waals surface area contributed by atoms with Gasteiger partial charge in [0.1, 0.15) is 0 Å². The van der Waals surface area contributed by atoms with Gasteiger partial charge in [0.2, 0.25) is 5.82 Å². The van der Waals surface area contributed by atoms with Crippen molar-refractivity contribution in [2.75, 3.05) is 5.32 Å². The first-order chi connectivity index (χ1) is 21.8. The van der Waals surface area contributed by atoms with Crippen LogP contribution in [-0.2, 0) is 11.2 Å². The molecule has 0 radical (unpaired) electrons. The summed E-state index contributed by atoms with van der Waals surface area (Å²) in [6.07, 6.45) is -1.67. The van der Waals surface area contributed by atoms with Gasteiger partial charge in [-0.15, -0.1) is 10.2 Å². The molecule has 13 heteroatoms. The van der Waals surface area contributed by atoms with Crippen LogP contribution >= 0.6 is 0 Å². The van der Waals surface area contributed by atoms with Gasteiger partial charge < -0.3 is 25.5 Å². The molecule has 0 saturated carbocycles. The van der Waals surface area contributed by atoms with E-state index in [1.165, 1.54) is 0 Å². The lowest BCUT2D eigenvalue weighted by Gasteiger charge is -2.24. The second kappa shape index (κ2) is 14.0. The van der Waals surface area contributed by atoms with Crippen molar-refractivity contribution in [2.24, 2.45) is 0 Å². The van der Waals surface area contributed by atoms with Crippen LogP contribution < -0.4 is 21.4 Å². The van der Waals surface area contributed by atoms with Gasteiger partial charge in [0.05, 0.1) is 12.1 Å². The molecule has 0 fully saturated rings. The molecule has 5 N–H and O–H groups in total. The Labute approximate surface area is 256 Å². The maximum absolute atomic E-state index is 13.3. The summed E-state index contributed by atoms with van der Waals surface area (Å²) in [5.74, 6) is -2.90. The maximum atomic E-state index is 13.3. The fourth-order valence-electron chi connectivity index (χ4n) is 4.56. The Hall–Kier alpha value is -5.95. The number of nitrogens with one attached hydrogen (secondary N) is 4. The Balaban J connectivity index is 1.33. The average molecular weight is 608 g/mol. The number of hydrogen-bond acceptors (Lipinski definition) is 9. The van der Waals surface area contributed by atoms with E-state index in [1.807, 2.05) is 30.3 Å². The first kappa shape index (κ1) is 30.5. The molecular weight excluding hydrogens is 578 g/mol. The minimum absolute atomic E-state index is 0.0586. The largest absolute Gasteiger partial charge is 0.445 e. The Morgan fingerprint density at radius 2 is 1.53 bits per heavy atom. The van der Waals surface area contributed by atoms with Crippen LogP contribution in [0.3, 0.4) is 0 Å². The molecule has 0 aliphatic heterocycles. The first-order valence-corrected chi connectivity index (χ1v) is 14.0. The maximum Gasteiger partial charge on any atom is 0.287 e. The van der Waals surface area contributed by atoms with Crippen LogP contribution in [0.4, 0.5) is 5.69 Å². The summed E-state index contributed by atoms with van der Waals surface area (Å²) < 4.78 is 5.53. The third kappa shape index (κ3) is 7.91. The minimum Gasteiger partial charge on any atom is -0.445 e. The number of benzene rings is 3. The molecule has 2 aromatic heterocycles. The van der Waals surface area contributed by atoms with E-state index in [0.717, 1.165) is 23.3 Å². The molecule has 3 aromatic carbocycles. The Kier molecular flexibility index (Phi) is 9.50. The van der Waals surface area contributed by atoms with Crippen molar-refractivity contribution in [1.29, 1.82) is 0 Å². The summed E-state index contributed by atoms with van der Waals surface area (Å²) in [6, 6.07) is 25.1.